The number of nitrogens with zero attached hydrogens (tertiary/aromatic N) is 2. The Morgan fingerprint density at radius 2 is 1.89 bits per heavy atom. The lowest BCUT2D eigenvalue weighted by molar-refractivity contribution is -0.136. The van der Waals surface area contributed by atoms with Gasteiger partial charge in [0, 0.05) is 18.0 Å². The molecule has 0 saturated carbocycles. The second-order valence-electron chi connectivity index (χ2n) is 3.63. The van der Waals surface area contributed by atoms with Crippen LogP contribution in [0.25, 0.3) is 0 Å². The fourth-order valence-corrected chi connectivity index (χ4v) is 1.50. The second kappa shape index (κ2) is 5.77. The Balaban J connectivity index is 2.07. The zero-order chi connectivity index (χ0) is 12.8. The summed E-state index contributed by atoms with van der Waals surface area (Å²) in [7, 11) is 0. The highest BCUT2D eigenvalue weighted by molar-refractivity contribution is 5.71. The van der Waals surface area contributed by atoms with Gasteiger partial charge in [0.2, 0.25) is 0 Å². The number of hydrogen-bond acceptors (Lipinski definition) is 4. The number of aliphatic carboxylic acids is 1. The minimum Gasteiger partial charge on any atom is -0.485 e. The summed E-state index contributed by atoms with van der Waals surface area (Å²) in [6.07, 6.45) is 3.20. The molecule has 92 valence electrons. The van der Waals surface area contributed by atoms with Crippen molar-refractivity contribution in [2.45, 2.75) is 13.0 Å². The molecule has 18 heavy (non-hydrogen) atoms. The van der Waals surface area contributed by atoms with E-state index in [1.54, 1.807) is 42.7 Å². The molecule has 0 amide bonds. The Morgan fingerprint density at radius 3 is 2.61 bits per heavy atom. The standard InChI is InChI=1S/C13H12N2O3/c16-13(17)8-10-4-1-2-5-11(10)18-9-12-14-6-3-7-15-12/h1-7H,8-9H2,(H,16,17). The molecule has 1 heterocycles. The smallest absolute Gasteiger partial charge is 0.307 e. The van der Waals surface area contributed by atoms with Crippen molar-refractivity contribution in [1.29, 1.82) is 0 Å². The van der Waals surface area contributed by atoms with Crippen molar-refractivity contribution in [1.82, 2.24) is 9.97 Å². The number of para-hydroxylation sites is 1. The highest BCUT2D eigenvalue weighted by Gasteiger charge is 2.07. The lowest BCUT2D eigenvalue weighted by atomic mass is 10.1. The number of carbonyl (C=O) groups is 1. The molecule has 0 radical (unpaired) electrons. The molecule has 0 saturated heterocycles. The van der Waals surface area contributed by atoms with Gasteiger partial charge in [-0.25, -0.2) is 9.97 Å². The first-order valence-corrected chi connectivity index (χ1v) is 5.44. The molecule has 5 nitrogen and oxygen atoms in total. The molecule has 1 N–H and O–H groups in total. The SMILES string of the molecule is O=C(O)Cc1ccccc1OCc1ncccn1. The number of benzene rings is 1. The molecule has 0 unspecified atom stereocenters. The summed E-state index contributed by atoms with van der Waals surface area (Å²) in [5, 5.41) is 8.80. The van der Waals surface area contributed by atoms with Crippen LogP contribution in [0.2, 0.25) is 0 Å². The molecule has 0 aliphatic heterocycles. The first-order chi connectivity index (χ1) is 8.75. The molecule has 2 aromatic rings. The fourth-order valence-electron chi connectivity index (χ4n) is 1.50. The number of hydrogen-bond donors (Lipinski definition) is 1. The largest absolute Gasteiger partial charge is 0.485 e. The van der Waals surface area contributed by atoms with Gasteiger partial charge in [0.05, 0.1) is 6.42 Å². The Kier molecular flexibility index (Phi) is 3.86. The van der Waals surface area contributed by atoms with Crippen molar-refractivity contribution in [3.05, 3.63) is 54.1 Å². The average Bonchev–Trinajstić information content (AvgIpc) is 2.38. The predicted octanol–water partition coefficient (Wildman–Crippen LogP) is 1.68. The highest BCUT2D eigenvalue weighted by atomic mass is 16.5. The number of aromatic nitrogens is 2. The van der Waals surface area contributed by atoms with E-state index in [0.29, 0.717) is 17.1 Å². The molecule has 0 fully saturated rings. The quantitative estimate of drug-likeness (QED) is 0.866. The minimum absolute atomic E-state index is 0.0637. The van der Waals surface area contributed by atoms with Crippen LogP contribution < -0.4 is 4.74 Å². The molecular formula is C13H12N2O3. The zero-order valence-electron chi connectivity index (χ0n) is 9.61. The number of ether oxygens (including phenoxy) is 1. The van der Waals surface area contributed by atoms with Gasteiger partial charge in [-0.2, -0.15) is 0 Å². The van der Waals surface area contributed by atoms with E-state index in [9.17, 15) is 4.79 Å². The maximum absolute atomic E-state index is 10.7. The van der Waals surface area contributed by atoms with Crippen molar-refractivity contribution in [2.24, 2.45) is 0 Å². The third-order valence-electron chi connectivity index (χ3n) is 2.29. The van der Waals surface area contributed by atoms with Gasteiger partial charge in [0.1, 0.15) is 12.4 Å². The zero-order valence-corrected chi connectivity index (χ0v) is 9.61. The van der Waals surface area contributed by atoms with Crippen molar-refractivity contribution in [3.8, 4) is 5.75 Å². The van der Waals surface area contributed by atoms with Gasteiger partial charge >= 0.3 is 5.97 Å². The fraction of sp³-hybridized carbons (Fsp3) is 0.154. The van der Waals surface area contributed by atoms with Crippen molar-refractivity contribution in [3.63, 3.8) is 0 Å². The summed E-state index contributed by atoms with van der Waals surface area (Å²) in [5.74, 6) is 0.219. The van der Waals surface area contributed by atoms with Crippen LogP contribution in [0.15, 0.2) is 42.7 Å². The number of carboxylic acid groups (broad SMARTS) is 1. The molecule has 0 aliphatic carbocycles. The lowest BCUT2D eigenvalue weighted by Gasteiger charge is -2.09. The topological polar surface area (TPSA) is 72.3 Å². The third kappa shape index (κ3) is 3.28. The van der Waals surface area contributed by atoms with E-state index in [1.807, 2.05) is 0 Å². The van der Waals surface area contributed by atoms with Crippen LogP contribution >= 0.6 is 0 Å². The van der Waals surface area contributed by atoms with Crippen molar-refractivity contribution >= 4 is 5.97 Å². The molecule has 2 rings (SSSR count). The van der Waals surface area contributed by atoms with Gasteiger partial charge in [-0.15, -0.1) is 0 Å². The Bertz CT molecular complexity index is 529. The van der Waals surface area contributed by atoms with E-state index in [2.05, 4.69) is 9.97 Å². The van der Waals surface area contributed by atoms with E-state index < -0.39 is 5.97 Å². The summed E-state index contributed by atoms with van der Waals surface area (Å²) in [5.41, 5.74) is 0.640. The molecule has 0 aliphatic rings. The van der Waals surface area contributed by atoms with Crippen LogP contribution in [0.3, 0.4) is 0 Å². The van der Waals surface area contributed by atoms with Crippen LogP contribution in [0, 0.1) is 0 Å². The maximum atomic E-state index is 10.7. The molecule has 0 atom stereocenters. The summed E-state index contributed by atoms with van der Waals surface area (Å²) in [4.78, 5) is 18.8. The van der Waals surface area contributed by atoms with E-state index in [1.165, 1.54) is 0 Å². The summed E-state index contributed by atoms with van der Waals surface area (Å²) in [6, 6.07) is 8.77. The van der Waals surface area contributed by atoms with E-state index in [-0.39, 0.29) is 13.0 Å². The number of carboxylic acids is 1. The Morgan fingerprint density at radius 1 is 1.17 bits per heavy atom. The van der Waals surface area contributed by atoms with E-state index in [0.717, 1.165) is 0 Å². The Labute approximate surface area is 104 Å². The van der Waals surface area contributed by atoms with Crippen molar-refractivity contribution in [2.75, 3.05) is 0 Å². The van der Waals surface area contributed by atoms with Gasteiger partial charge in [-0.3, -0.25) is 4.79 Å². The first-order valence-electron chi connectivity index (χ1n) is 5.44. The summed E-state index contributed by atoms with van der Waals surface area (Å²) in [6.45, 7) is 0.220. The van der Waals surface area contributed by atoms with Crippen molar-refractivity contribution < 1.29 is 14.6 Å². The van der Waals surface area contributed by atoms with Crippen LogP contribution in [0.4, 0.5) is 0 Å². The predicted molar refractivity (Wildman–Crippen MR) is 64.1 cm³/mol. The molecule has 5 heteroatoms. The van der Waals surface area contributed by atoms with E-state index in [4.69, 9.17) is 9.84 Å². The van der Waals surface area contributed by atoms with E-state index >= 15 is 0 Å². The maximum Gasteiger partial charge on any atom is 0.307 e. The Hall–Kier alpha value is -2.43. The first kappa shape index (κ1) is 12.0. The highest BCUT2D eigenvalue weighted by Crippen LogP contribution is 2.19. The normalized spacial score (nSPS) is 10.0. The molecule has 0 bridgehead atoms. The molecular weight excluding hydrogens is 232 g/mol. The minimum atomic E-state index is -0.887. The monoisotopic (exact) mass is 244 g/mol. The van der Waals surface area contributed by atoms with Crippen LogP contribution in [-0.4, -0.2) is 21.0 Å². The third-order valence-corrected chi connectivity index (χ3v) is 2.29. The number of rotatable bonds is 5. The molecule has 1 aromatic carbocycles. The molecule has 0 spiro atoms. The van der Waals surface area contributed by atoms with Crippen LogP contribution in [0.1, 0.15) is 11.4 Å². The van der Waals surface area contributed by atoms with Crippen LogP contribution in [0.5, 0.6) is 5.75 Å². The van der Waals surface area contributed by atoms with Gasteiger partial charge in [0.25, 0.3) is 0 Å². The molecule has 1 aromatic heterocycles. The lowest BCUT2D eigenvalue weighted by Crippen LogP contribution is -2.05. The van der Waals surface area contributed by atoms with Gasteiger partial charge < -0.3 is 9.84 Å². The van der Waals surface area contributed by atoms with Crippen LogP contribution in [-0.2, 0) is 17.8 Å². The summed E-state index contributed by atoms with van der Waals surface area (Å²) < 4.78 is 5.54. The second-order valence-corrected chi connectivity index (χ2v) is 3.63. The van der Waals surface area contributed by atoms with Gasteiger partial charge in [-0.1, -0.05) is 18.2 Å². The average molecular weight is 244 g/mol. The van der Waals surface area contributed by atoms with Gasteiger partial charge in [-0.05, 0) is 12.1 Å². The van der Waals surface area contributed by atoms with Gasteiger partial charge in [0.15, 0.2) is 5.82 Å². The summed E-state index contributed by atoms with van der Waals surface area (Å²) >= 11 is 0.